The van der Waals surface area contributed by atoms with Crippen molar-refractivity contribution in [2.24, 2.45) is 0 Å². The predicted molar refractivity (Wildman–Crippen MR) is 104 cm³/mol. The molecule has 1 N–H and O–H groups in total. The van der Waals surface area contributed by atoms with Crippen LogP contribution < -0.4 is 15.6 Å². The number of anilines is 1. The molecule has 1 aliphatic rings. The van der Waals surface area contributed by atoms with Gasteiger partial charge in [-0.05, 0) is 18.2 Å². The van der Waals surface area contributed by atoms with Crippen molar-refractivity contribution in [3.63, 3.8) is 0 Å². The van der Waals surface area contributed by atoms with E-state index in [1.807, 2.05) is 0 Å². The smallest absolute Gasteiger partial charge is 0.292 e. The van der Waals surface area contributed by atoms with Gasteiger partial charge in [0.05, 0.1) is 35.1 Å². The van der Waals surface area contributed by atoms with Crippen molar-refractivity contribution in [2.75, 3.05) is 11.9 Å². The Labute approximate surface area is 168 Å². The van der Waals surface area contributed by atoms with E-state index in [4.69, 9.17) is 16.3 Å². The normalized spacial score (nSPS) is 15.3. The SMILES string of the molecule is O=c1c(Cl)c(N[C@H]2CCOc3c(F)cccc32)cnn1-c1ccc([N+](=O)[O-])cc1. The lowest BCUT2D eigenvalue weighted by Gasteiger charge is -2.27. The van der Waals surface area contributed by atoms with Crippen molar-refractivity contribution in [3.8, 4) is 11.4 Å². The molecule has 0 amide bonds. The molecular formula is C19H14ClFN4O4. The van der Waals surface area contributed by atoms with E-state index in [9.17, 15) is 19.3 Å². The molecule has 3 aromatic rings. The molecule has 0 bridgehead atoms. The van der Waals surface area contributed by atoms with Gasteiger partial charge in [-0.25, -0.2) is 4.39 Å². The third-order valence-corrected chi connectivity index (χ3v) is 4.94. The number of nitro groups is 1. The minimum absolute atomic E-state index is 0.0946. The number of nitro benzene ring substituents is 1. The van der Waals surface area contributed by atoms with Gasteiger partial charge in [0.1, 0.15) is 5.02 Å². The summed E-state index contributed by atoms with van der Waals surface area (Å²) in [4.78, 5) is 22.9. The fourth-order valence-corrected chi connectivity index (χ4v) is 3.34. The zero-order chi connectivity index (χ0) is 20.5. The molecule has 29 heavy (non-hydrogen) atoms. The van der Waals surface area contributed by atoms with Crippen LogP contribution in [0, 0.1) is 15.9 Å². The van der Waals surface area contributed by atoms with Crippen LogP contribution >= 0.6 is 11.6 Å². The quantitative estimate of drug-likeness (QED) is 0.512. The highest BCUT2D eigenvalue weighted by Crippen LogP contribution is 2.36. The van der Waals surface area contributed by atoms with E-state index in [0.717, 1.165) is 4.68 Å². The average molecular weight is 417 g/mol. The Kier molecular flexibility index (Phi) is 4.89. The Balaban J connectivity index is 1.65. The number of para-hydroxylation sites is 1. The Morgan fingerprint density at radius 3 is 2.76 bits per heavy atom. The number of rotatable bonds is 4. The van der Waals surface area contributed by atoms with Gasteiger partial charge in [0, 0.05) is 24.1 Å². The lowest BCUT2D eigenvalue weighted by molar-refractivity contribution is -0.384. The predicted octanol–water partition coefficient (Wildman–Crippen LogP) is 3.87. The zero-order valence-corrected chi connectivity index (χ0v) is 15.6. The topological polar surface area (TPSA) is 99.3 Å². The van der Waals surface area contributed by atoms with Crippen LogP contribution in [0.2, 0.25) is 5.02 Å². The number of non-ortho nitro benzene ring substituents is 1. The van der Waals surface area contributed by atoms with E-state index in [1.165, 1.54) is 36.5 Å². The third kappa shape index (κ3) is 3.52. The monoisotopic (exact) mass is 416 g/mol. The second-order valence-electron chi connectivity index (χ2n) is 6.35. The molecule has 8 nitrogen and oxygen atoms in total. The van der Waals surface area contributed by atoms with Gasteiger partial charge in [-0.2, -0.15) is 9.78 Å². The van der Waals surface area contributed by atoms with Gasteiger partial charge in [-0.1, -0.05) is 23.7 Å². The van der Waals surface area contributed by atoms with Crippen LogP contribution in [0.3, 0.4) is 0 Å². The van der Waals surface area contributed by atoms with Gasteiger partial charge >= 0.3 is 0 Å². The molecule has 0 saturated heterocycles. The molecule has 0 fully saturated rings. The van der Waals surface area contributed by atoms with E-state index >= 15 is 0 Å². The average Bonchev–Trinajstić information content (AvgIpc) is 2.72. The van der Waals surface area contributed by atoms with Gasteiger partial charge in [0.15, 0.2) is 11.6 Å². The van der Waals surface area contributed by atoms with Gasteiger partial charge in [-0.3, -0.25) is 14.9 Å². The maximum Gasteiger partial charge on any atom is 0.292 e. The molecule has 0 unspecified atom stereocenters. The van der Waals surface area contributed by atoms with Crippen molar-refractivity contribution in [1.29, 1.82) is 0 Å². The number of halogens is 2. The molecule has 0 spiro atoms. The molecule has 10 heteroatoms. The number of fused-ring (bicyclic) bond motifs is 1. The van der Waals surface area contributed by atoms with Gasteiger partial charge in [0.25, 0.3) is 11.2 Å². The summed E-state index contributed by atoms with van der Waals surface area (Å²) in [7, 11) is 0. The summed E-state index contributed by atoms with van der Waals surface area (Å²) < 4.78 is 20.4. The van der Waals surface area contributed by atoms with Crippen LogP contribution in [0.15, 0.2) is 53.5 Å². The van der Waals surface area contributed by atoms with E-state index in [0.29, 0.717) is 30.0 Å². The number of aromatic nitrogens is 2. The molecule has 0 radical (unpaired) electrons. The molecule has 0 aliphatic carbocycles. The molecule has 2 heterocycles. The molecule has 148 valence electrons. The molecular weight excluding hydrogens is 403 g/mol. The Morgan fingerprint density at radius 2 is 2.03 bits per heavy atom. The number of ether oxygens (including phenoxy) is 1. The molecule has 1 aliphatic heterocycles. The molecule has 0 saturated carbocycles. The number of hydrogen-bond donors (Lipinski definition) is 1. The van der Waals surface area contributed by atoms with Crippen LogP contribution in [0.4, 0.5) is 15.8 Å². The summed E-state index contributed by atoms with van der Waals surface area (Å²) in [6.07, 6.45) is 1.94. The fraction of sp³-hybridized carbons (Fsp3) is 0.158. The van der Waals surface area contributed by atoms with E-state index in [-0.39, 0.29) is 22.5 Å². The first-order valence-electron chi connectivity index (χ1n) is 8.66. The van der Waals surface area contributed by atoms with Crippen LogP contribution in [0.1, 0.15) is 18.0 Å². The summed E-state index contributed by atoms with van der Waals surface area (Å²) in [6, 6.07) is 9.72. The van der Waals surface area contributed by atoms with Gasteiger partial charge in [-0.15, -0.1) is 0 Å². The summed E-state index contributed by atoms with van der Waals surface area (Å²) in [5.41, 5.74) is 0.588. The first-order valence-corrected chi connectivity index (χ1v) is 9.04. The lowest BCUT2D eigenvalue weighted by atomic mass is 10.00. The fourth-order valence-electron chi connectivity index (χ4n) is 3.16. The second-order valence-corrected chi connectivity index (χ2v) is 6.73. The lowest BCUT2D eigenvalue weighted by Crippen LogP contribution is -2.25. The number of nitrogens with one attached hydrogen (secondary N) is 1. The highest BCUT2D eigenvalue weighted by atomic mass is 35.5. The standard InChI is InChI=1S/C19H14ClFN4O4/c20-17-16(23-15-8-9-29-18-13(15)2-1-3-14(18)21)10-22-24(19(17)26)11-4-6-12(7-5-11)25(27)28/h1-7,10,15,23H,8-9H2/t15-/m0/s1. The molecule has 1 atom stereocenters. The van der Waals surface area contributed by atoms with E-state index in [2.05, 4.69) is 10.4 Å². The highest BCUT2D eigenvalue weighted by molar-refractivity contribution is 6.33. The maximum atomic E-state index is 14.0. The molecule has 1 aromatic heterocycles. The zero-order valence-electron chi connectivity index (χ0n) is 14.8. The van der Waals surface area contributed by atoms with Crippen LogP contribution in [0.5, 0.6) is 5.75 Å². The number of hydrogen-bond acceptors (Lipinski definition) is 6. The van der Waals surface area contributed by atoms with Gasteiger partial charge in [0.2, 0.25) is 0 Å². The summed E-state index contributed by atoms with van der Waals surface area (Å²) in [5, 5.41) is 17.9. The largest absolute Gasteiger partial charge is 0.490 e. The Morgan fingerprint density at radius 1 is 1.28 bits per heavy atom. The Bertz CT molecular complexity index is 1150. The summed E-state index contributed by atoms with van der Waals surface area (Å²) in [6.45, 7) is 0.316. The van der Waals surface area contributed by atoms with Crippen LogP contribution in [-0.2, 0) is 0 Å². The molecule has 4 rings (SSSR count). The molecule has 2 aromatic carbocycles. The summed E-state index contributed by atoms with van der Waals surface area (Å²) in [5.74, 6) is -0.272. The number of benzene rings is 2. The van der Waals surface area contributed by atoms with E-state index < -0.39 is 16.3 Å². The second kappa shape index (κ2) is 7.51. The van der Waals surface area contributed by atoms with Crippen molar-refractivity contribution in [3.05, 3.63) is 85.5 Å². The van der Waals surface area contributed by atoms with Crippen molar-refractivity contribution in [2.45, 2.75) is 12.5 Å². The van der Waals surface area contributed by atoms with Crippen molar-refractivity contribution in [1.82, 2.24) is 9.78 Å². The highest BCUT2D eigenvalue weighted by Gasteiger charge is 2.25. The maximum absolute atomic E-state index is 14.0. The Hall–Kier alpha value is -3.46. The minimum Gasteiger partial charge on any atom is -0.490 e. The first-order chi connectivity index (χ1) is 14.0. The van der Waals surface area contributed by atoms with Crippen molar-refractivity contribution < 1.29 is 14.1 Å². The van der Waals surface area contributed by atoms with E-state index in [1.54, 1.807) is 12.1 Å². The number of nitrogens with zero attached hydrogens (tertiary/aromatic N) is 3. The summed E-state index contributed by atoms with van der Waals surface area (Å²) >= 11 is 6.26. The third-order valence-electron chi connectivity index (χ3n) is 4.58. The van der Waals surface area contributed by atoms with Crippen LogP contribution in [-0.4, -0.2) is 21.3 Å². The van der Waals surface area contributed by atoms with Crippen LogP contribution in [0.25, 0.3) is 5.69 Å². The van der Waals surface area contributed by atoms with Crippen molar-refractivity contribution >= 4 is 23.0 Å². The van der Waals surface area contributed by atoms with Gasteiger partial charge < -0.3 is 10.1 Å². The minimum atomic E-state index is -0.586. The first kappa shape index (κ1) is 18.9.